The van der Waals surface area contributed by atoms with Crippen LogP contribution in [0.1, 0.15) is 20.3 Å². The molecule has 0 aliphatic carbocycles. The van der Waals surface area contributed by atoms with Crippen molar-refractivity contribution < 1.29 is 61.3 Å². The molecule has 0 aromatic carbocycles. The van der Waals surface area contributed by atoms with E-state index in [1.165, 1.54) is 0 Å². The summed E-state index contributed by atoms with van der Waals surface area (Å²) in [7, 11) is 0. The molecule has 0 aromatic heterocycles. The summed E-state index contributed by atoms with van der Waals surface area (Å²) < 4.78 is 0. The number of carboxylic acids is 1. The number of carbonyl (C=O) groups is 1. The fourth-order valence-corrected chi connectivity index (χ4v) is 0.716. The number of hydrogen-bond donors (Lipinski definition) is 0. The molecule has 0 saturated heterocycles. The van der Waals surface area contributed by atoms with Gasteiger partial charge in [-0.25, -0.2) is 0 Å². The van der Waals surface area contributed by atoms with E-state index in [-0.39, 0.29) is 51.4 Å². The number of rotatable bonds is 4. The summed E-state index contributed by atoms with van der Waals surface area (Å²) in [4.78, 5) is 10.4. The summed E-state index contributed by atoms with van der Waals surface area (Å²) in [5.41, 5.74) is 0.606. The molecule has 0 aliphatic rings. The first kappa shape index (κ1) is 15.1. The molecule has 0 saturated carbocycles. The standard InChI is InChI=1S/C9H14O2.K/c1-4-5-6-8(7(2)3)9(10)11;/h5-6,8H,2,4H2,1,3H3,(H,10,11);/q;+1/p-1/b6-5+;/t8-;/m1./s1. The van der Waals surface area contributed by atoms with Crippen molar-refractivity contribution in [3.8, 4) is 0 Å². The van der Waals surface area contributed by atoms with Crippen molar-refractivity contribution in [3.63, 3.8) is 0 Å². The van der Waals surface area contributed by atoms with E-state index in [1.54, 1.807) is 19.1 Å². The van der Waals surface area contributed by atoms with Gasteiger partial charge in [-0.3, -0.25) is 0 Å². The molecule has 1 atom stereocenters. The van der Waals surface area contributed by atoms with Crippen molar-refractivity contribution in [2.75, 3.05) is 0 Å². The maximum Gasteiger partial charge on any atom is 1.00 e. The Morgan fingerprint density at radius 1 is 1.67 bits per heavy atom. The van der Waals surface area contributed by atoms with Crippen LogP contribution in [-0.2, 0) is 4.79 Å². The van der Waals surface area contributed by atoms with E-state index in [0.717, 1.165) is 6.42 Å². The van der Waals surface area contributed by atoms with Crippen LogP contribution in [0.25, 0.3) is 0 Å². The van der Waals surface area contributed by atoms with E-state index in [2.05, 4.69) is 6.58 Å². The zero-order chi connectivity index (χ0) is 8.85. The molecule has 62 valence electrons. The Balaban J connectivity index is 0. The summed E-state index contributed by atoms with van der Waals surface area (Å²) in [5, 5.41) is 10.4. The van der Waals surface area contributed by atoms with Crippen LogP contribution in [0.15, 0.2) is 24.3 Å². The average Bonchev–Trinajstić information content (AvgIpc) is 1.87. The van der Waals surface area contributed by atoms with Crippen molar-refractivity contribution in [1.29, 1.82) is 0 Å². The number of carboxylic acid groups (broad SMARTS) is 1. The quantitative estimate of drug-likeness (QED) is 0.378. The number of hydrogen-bond acceptors (Lipinski definition) is 2. The Morgan fingerprint density at radius 3 is 2.42 bits per heavy atom. The van der Waals surface area contributed by atoms with Crippen LogP contribution in [0, 0.1) is 5.92 Å². The fourth-order valence-electron chi connectivity index (χ4n) is 0.716. The first-order chi connectivity index (χ1) is 5.09. The topological polar surface area (TPSA) is 40.1 Å². The third-order valence-electron chi connectivity index (χ3n) is 1.35. The van der Waals surface area contributed by atoms with Gasteiger partial charge in [0.05, 0.1) is 5.97 Å². The van der Waals surface area contributed by atoms with Crippen molar-refractivity contribution in [3.05, 3.63) is 24.3 Å². The van der Waals surface area contributed by atoms with Gasteiger partial charge >= 0.3 is 51.4 Å². The average molecular weight is 192 g/mol. The molecule has 2 nitrogen and oxygen atoms in total. The summed E-state index contributed by atoms with van der Waals surface area (Å²) in [6.07, 6.45) is 4.24. The minimum atomic E-state index is -1.08. The minimum Gasteiger partial charge on any atom is -0.549 e. The Labute approximate surface area is 116 Å². The van der Waals surface area contributed by atoms with Crippen LogP contribution < -0.4 is 56.5 Å². The second-order valence-corrected chi connectivity index (χ2v) is 2.48. The number of aliphatic carboxylic acids is 1. The van der Waals surface area contributed by atoms with Crippen LogP contribution >= 0.6 is 0 Å². The van der Waals surface area contributed by atoms with Crippen LogP contribution in [-0.4, -0.2) is 5.97 Å². The Hall–Kier alpha value is 0.586. The molecule has 3 heteroatoms. The second kappa shape index (κ2) is 8.20. The van der Waals surface area contributed by atoms with Crippen molar-refractivity contribution in [2.24, 2.45) is 5.92 Å². The molecule has 12 heavy (non-hydrogen) atoms. The van der Waals surface area contributed by atoms with E-state index in [9.17, 15) is 9.90 Å². The van der Waals surface area contributed by atoms with E-state index >= 15 is 0 Å². The maximum absolute atomic E-state index is 10.4. The Bertz CT molecular complexity index is 171. The summed E-state index contributed by atoms with van der Waals surface area (Å²) in [6.45, 7) is 7.18. The largest absolute Gasteiger partial charge is 1.00 e. The van der Waals surface area contributed by atoms with Gasteiger partial charge in [0, 0.05) is 5.92 Å². The minimum absolute atomic E-state index is 0. The molecule has 0 aromatic rings. The second-order valence-electron chi connectivity index (χ2n) is 2.48. The van der Waals surface area contributed by atoms with Gasteiger partial charge in [-0.15, -0.1) is 0 Å². The predicted octanol–water partition coefficient (Wildman–Crippen LogP) is -2.10. The molecule has 0 aliphatic heterocycles. The van der Waals surface area contributed by atoms with Gasteiger partial charge in [0.25, 0.3) is 0 Å². The third-order valence-corrected chi connectivity index (χ3v) is 1.35. The van der Waals surface area contributed by atoms with E-state index in [0.29, 0.717) is 5.57 Å². The molecule has 0 N–H and O–H groups in total. The van der Waals surface area contributed by atoms with Gasteiger partial charge in [0.1, 0.15) is 0 Å². The molecule has 0 fully saturated rings. The van der Waals surface area contributed by atoms with E-state index in [4.69, 9.17) is 0 Å². The zero-order valence-electron chi connectivity index (χ0n) is 7.96. The molecular formula is C9H13KO2. The van der Waals surface area contributed by atoms with Crippen LogP contribution in [0.3, 0.4) is 0 Å². The molecular weight excluding hydrogens is 179 g/mol. The Kier molecular flexibility index (Phi) is 10.3. The molecule has 0 unspecified atom stereocenters. The third kappa shape index (κ3) is 6.14. The number of carbonyl (C=O) groups excluding carboxylic acids is 1. The molecule has 0 bridgehead atoms. The molecule has 0 spiro atoms. The van der Waals surface area contributed by atoms with Crippen molar-refractivity contribution >= 4 is 5.97 Å². The van der Waals surface area contributed by atoms with Gasteiger partial charge in [-0.1, -0.05) is 31.2 Å². The zero-order valence-corrected chi connectivity index (χ0v) is 11.1. The van der Waals surface area contributed by atoms with Gasteiger partial charge in [0.15, 0.2) is 0 Å². The smallest absolute Gasteiger partial charge is 0.549 e. The van der Waals surface area contributed by atoms with Gasteiger partial charge in [-0.05, 0) is 13.3 Å². The molecule has 0 heterocycles. The van der Waals surface area contributed by atoms with E-state index in [1.807, 2.05) is 6.92 Å². The molecule has 0 radical (unpaired) electrons. The predicted molar refractivity (Wildman–Crippen MR) is 42.7 cm³/mol. The normalized spacial score (nSPS) is 12.2. The monoisotopic (exact) mass is 192 g/mol. The summed E-state index contributed by atoms with van der Waals surface area (Å²) >= 11 is 0. The fraction of sp³-hybridized carbons (Fsp3) is 0.444. The number of allylic oxidation sites excluding steroid dienone is 1. The van der Waals surface area contributed by atoms with Crippen LogP contribution in [0.4, 0.5) is 0 Å². The summed E-state index contributed by atoms with van der Waals surface area (Å²) in [6, 6.07) is 0. The first-order valence-electron chi connectivity index (χ1n) is 3.62. The summed E-state index contributed by atoms with van der Waals surface area (Å²) in [5.74, 6) is -1.71. The van der Waals surface area contributed by atoms with Crippen molar-refractivity contribution in [1.82, 2.24) is 0 Å². The van der Waals surface area contributed by atoms with Gasteiger partial charge in [0.2, 0.25) is 0 Å². The maximum atomic E-state index is 10.4. The molecule has 0 amide bonds. The van der Waals surface area contributed by atoms with Crippen molar-refractivity contribution in [2.45, 2.75) is 20.3 Å². The first-order valence-corrected chi connectivity index (χ1v) is 3.62. The molecule has 0 rings (SSSR count). The van der Waals surface area contributed by atoms with Gasteiger partial charge < -0.3 is 9.90 Å². The van der Waals surface area contributed by atoms with Crippen LogP contribution in [0.5, 0.6) is 0 Å². The van der Waals surface area contributed by atoms with E-state index < -0.39 is 11.9 Å². The SMILES string of the molecule is C=C(C)[C@@H](/C=C/CC)C(=O)[O-].[K+]. The van der Waals surface area contributed by atoms with Crippen LogP contribution in [0.2, 0.25) is 0 Å². The Morgan fingerprint density at radius 2 is 2.17 bits per heavy atom. The van der Waals surface area contributed by atoms with Gasteiger partial charge in [-0.2, -0.15) is 0 Å².